The highest BCUT2D eigenvalue weighted by molar-refractivity contribution is 5.94. The van der Waals surface area contributed by atoms with Crippen LogP contribution < -0.4 is 10.1 Å². The predicted octanol–water partition coefficient (Wildman–Crippen LogP) is 4.71. The first-order valence-corrected chi connectivity index (χ1v) is 11.2. The Morgan fingerprint density at radius 3 is 2.68 bits per heavy atom. The summed E-state index contributed by atoms with van der Waals surface area (Å²) in [4.78, 5) is 13.1. The molecule has 0 radical (unpaired) electrons. The molecule has 5 heteroatoms. The minimum absolute atomic E-state index is 0.00776. The number of para-hydroxylation sites is 1. The number of amides is 1. The van der Waals surface area contributed by atoms with Crippen LogP contribution in [0.4, 0.5) is 0 Å². The number of hydrogen-bond acceptors (Lipinski definition) is 4. The molecule has 2 bridgehead atoms. The zero-order valence-corrected chi connectivity index (χ0v) is 18.4. The Kier molecular flexibility index (Phi) is 4.78. The third-order valence-corrected chi connectivity index (χ3v) is 8.37. The first-order valence-electron chi connectivity index (χ1n) is 11.2. The maximum Gasteiger partial charge on any atom is 0.251 e. The van der Waals surface area contributed by atoms with Crippen molar-refractivity contribution in [1.82, 2.24) is 5.32 Å². The Labute approximate surface area is 183 Å². The molecule has 5 nitrogen and oxygen atoms in total. The second-order valence-electron chi connectivity index (χ2n) is 10.0. The fraction of sp³-hybridized carbons (Fsp3) is 0.500. The number of nitrogens with one attached hydrogen (secondary N) is 1. The molecule has 1 spiro atoms. The van der Waals surface area contributed by atoms with Crippen molar-refractivity contribution < 1.29 is 19.4 Å². The van der Waals surface area contributed by atoms with Crippen LogP contribution in [0.5, 0.6) is 11.5 Å². The van der Waals surface area contributed by atoms with Crippen LogP contribution in [-0.4, -0.2) is 30.8 Å². The van der Waals surface area contributed by atoms with Crippen LogP contribution in [0, 0.1) is 22.7 Å². The predicted molar refractivity (Wildman–Crippen MR) is 118 cm³/mol. The van der Waals surface area contributed by atoms with E-state index in [0.717, 1.165) is 24.8 Å². The number of rotatable bonds is 4. The van der Waals surface area contributed by atoms with E-state index in [1.54, 1.807) is 13.2 Å². The summed E-state index contributed by atoms with van der Waals surface area (Å²) in [5.41, 5.74) is 1.47. The third-order valence-electron chi connectivity index (χ3n) is 8.37. The number of phenolic OH excluding ortho intramolecular Hbond substituents is 1. The summed E-state index contributed by atoms with van der Waals surface area (Å²) in [5.74, 6) is 1.39. The van der Waals surface area contributed by atoms with E-state index >= 15 is 0 Å². The van der Waals surface area contributed by atoms with Crippen LogP contribution in [0.2, 0.25) is 0 Å². The number of carbonyl (C=O) groups excluding carboxylic acids is 1. The fourth-order valence-corrected chi connectivity index (χ4v) is 6.83. The Balaban J connectivity index is 1.50. The standard InChI is InChI=1S/C26H31NO4/c1-25(2)17-14-19-22(18-10-7-11-20(30-3)21(18)28)31-13-12-26(19,15-17)24(25)27-23(29)16-8-5-4-6-9-16/h4-11,17,19,22,24,28H,12-15H2,1-3H3,(H,27,29)/t17-,19-,22-,24-,26?/m1/s1. The number of fused-ring (bicyclic) bond motifs is 1. The lowest BCUT2D eigenvalue weighted by Gasteiger charge is -2.53. The molecule has 2 aromatic rings. The van der Waals surface area contributed by atoms with Gasteiger partial charge in [0.25, 0.3) is 5.91 Å². The highest BCUT2D eigenvalue weighted by atomic mass is 16.5. The van der Waals surface area contributed by atoms with Crippen LogP contribution in [0.1, 0.15) is 55.1 Å². The average molecular weight is 422 g/mol. The Bertz CT molecular complexity index is 988. The van der Waals surface area contributed by atoms with E-state index in [2.05, 4.69) is 19.2 Å². The smallest absolute Gasteiger partial charge is 0.251 e. The summed E-state index contributed by atoms with van der Waals surface area (Å²) >= 11 is 0. The number of carbonyl (C=O) groups is 1. The van der Waals surface area contributed by atoms with Crippen LogP contribution in [0.3, 0.4) is 0 Å². The molecular weight excluding hydrogens is 390 g/mol. The van der Waals surface area contributed by atoms with Crippen LogP contribution in [-0.2, 0) is 4.74 Å². The lowest BCUT2D eigenvalue weighted by atomic mass is 9.58. The minimum Gasteiger partial charge on any atom is -0.504 e. The quantitative estimate of drug-likeness (QED) is 0.750. The summed E-state index contributed by atoms with van der Waals surface area (Å²) in [6.07, 6.45) is 2.88. The van der Waals surface area contributed by atoms with Crippen molar-refractivity contribution in [3.8, 4) is 11.5 Å². The van der Waals surface area contributed by atoms with E-state index in [4.69, 9.17) is 9.47 Å². The first-order chi connectivity index (χ1) is 14.9. The largest absolute Gasteiger partial charge is 0.504 e. The third kappa shape index (κ3) is 2.97. The van der Waals surface area contributed by atoms with E-state index in [1.807, 2.05) is 42.5 Å². The van der Waals surface area contributed by atoms with Gasteiger partial charge in [-0.05, 0) is 60.1 Å². The maximum absolute atomic E-state index is 13.1. The molecule has 3 fully saturated rings. The van der Waals surface area contributed by atoms with Crippen LogP contribution >= 0.6 is 0 Å². The normalized spacial score (nSPS) is 33.0. The summed E-state index contributed by atoms with van der Waals surface area (Å²) in [7, 11) is 1.57. The van der Waals surface area contributed by atoms with Crippen molar-refractivity contribution in [2.24, 2.45) is 22.7 Å². The Morgan fingerprint density at radius 1 is 1.16 bits per heavy atom. The zero-order chi connectivity index (χ0) is 21.8. The van der Waals surface area contributed by atoms with Gasteiger partial charge < -0.3 is 19.9 Å². The van der Waals surface area contributed by atoms with Gasteiger partial charge in [0.15, 0.2) is 11.5 Å². The number of aromatic hydroxyl groups is 1. The summed E-state index contributed by atoms with van der Waals surface area (Å²) in [6, 6.07) is 15.1. The molecule has 2 saturated carbocycles. The molecule has 2 N–H and O–H groups in total. The molecule has 0 aromatic heterocycles. The van der Waals surface area contributed by atoms with E-state index in [0.29, 0.717) is 23.8 Å². The molecule has 1 heterocycles. The number of methoxy groups -OCH3 is 1. The summed E-state index contributed by atoms with van der Waals surface area (Å²) < 4.78 is 11.6. The average Bonchev–Trinajstić information content (AvgIpc) is 3.27. The molecule has 2 aromatic carbocycles. The molecular formula is C26H31NO4. The van der Waals surface area contributed by atoms with E-state index in [1.165, 1.54) is 0 Å². The van der Waals surface area contributed by atoms with Crippen molar-refractivity contribution in [2.75, 3.05) is 13.7 Å². The molecule has 1 unspecified atom stereocenters. The van der Waals surface area contributed by atoms with Crippen LogP contribution in [0.15, 0.2) is 48.5 Å². The van der Waals surface area contributed by atoms with Gasteiger partial charge in [-0.15, -0.1) is 0 Å². The summed E-state index contributed by atoms with van der Waals surface area (Å²) in [5, 5.41) is 14.3. The van der Waals surface area contributed by atoms with Gasteiger partial charge in [0.2, 0.25) is 0 Å². The first kappa shape index (κ1) is 20.4. The lowest BCUT2D eigenvalue weighted by Crippen LogP contribution is -2.58. The zero-order valence-electron chi connectivity index (χ0n) is 18.4. The molecule has 1 saturated heterocycles. The fourth-order valence-electron chi connectivity index (χ4n) is 6.83. The molecule has 5 rings (SSSR count). The minimum atomic E-state index is -0.193. The van der Waals surface area contributed by atoms with Crippen molar-refractivity contribution in [1.29, 1.82) is 0 Å². The highest BCUT2D eigenvalue weighted by Gasteiger charge is 2.68. The van der Waals surface area contributed by atoms with Gasteiger partial charge in [0.05, 0.1) is 13.2 Å². The van der Waals surface area contributed by atoms with E-state index in [9.17, 15) is 9.90 Å². The Morgan fingerprint density at radius 2 is 1.94 bits per heavy atom. The molecule has 5 atom stereocenters. The highest BCUT2D eigenvalue weighted by Crippen LogP contribution is 2.71. The SMILES string of the molecule is COc1cccc([C@H]2OCCC34C[C@@H](C[C@H]23)C(C)(C)[C@H]4NC(=O)c2ccccc2)c1O. The maximum atomic E-state index is 13.1. The second-order valence-corrected chi connectivity index (χ2v) is 10.0. The van der Waals surface area contributed by atoms with Gasteiger partial charge in [-0.3, -0.25) is 4.79 Å². The van der Waals surface area contributed by atoms with E-state index in [-0.39, 0.29) is 40.6 Å². The van der Waals surface area contributed by atoms with Gasteiger partial charge >= 0.3 is 0 Å². The molecule has 1 aliphatic heterocycles. The van der Waals surface area contributed by atoms with Crippen molar-refractivity contribution in [3.63, 3.8) is 0 Å². The summed E-state index contributed by atoms with van der Waals surface area (Å²) in [6.45, 7) is 5.22. The van der Waals surface area contributed by atoms with Gasteiger partial charge in [-0.25, -0.2) is 0 Å². The van der Waals surface area contributed by atoms with Crippen molar-refractivity contribution in [2.45, 2.75) is 45.3 Å². The van der Waals surface area contributed by atoms with Gasteiger partial charge in [-0.2, -0.15) is 0 Å². The molecule has 2 aliphatic carbocycles. The number of benzene rings is 2. The van der Waals surface area contributed by atoms with Gasteiger partial charge in [-0.1, -0.05) is 44.2 Å². The van der Waals surface area contributed by atoms with Gasteiger partial charge in [0.1, 0.15) is 0 Å². The van der Waals surface area contributed by atoms with Gasteiger partial charge in [0, 0.05) is 23.8 Å². The van der Waals surface area contributed by atoms with E-state index < -0.39 is 0 Å². The molecule has 164 valence electrons. The number of ether oxygens (including phenoxy) is 2. The van der Waals surface area contributed by atoms with Crippen LogP contribution in [0.25, 0.3) is 0 Å². The monoisotopic (exact) mass is 421 g/mol. The van der Waals surface area contributed by atoms with Crippen molar-refractivity contribution >= 4 is 5.91 Å². The molecule has 31 heavy (non-hydrogen) atoms. The lowest BCUT2D eigenvalue weighted by molar-refractivity contribution is -0.121. The number of hydrogen-bond donors (Lipinski definition) is 2. The Hall–Kier alpha value is -2.53. The topological polar surface area (TPSA) is 67.8 Å². The second kappa shape index (κ2) is 7.27. The molecule has 3 aliphatic rings. The van der Waals surface area contributed by atoms with Crippen molar-refractivity contribution in [3.05, 3.63) is 59.7 Å². The molecule has 1 amide bonds. The number of phenols is 1.